The number of benzene rings is 2. The number of alkyl halides is 3. The van der Waals surface area contributed by atoms with Crippen LogP contribution in [0.2, 0.25) is 0 Å². The van der Waals surface area contributed by atoms with Crippen molar-refractivity contribution in [2.75, 3.05) is 5.32 Å². The zero-order valence-corrected chi connectivity index (χ0v) is 13.2. The van der Waals surface area contributed by atoms with Gasteiger partial charge in [-0.2, -0.15) is 13.2 Å². The van der Waals surface area contributed by atoms with Crippen LogP contribution in [-0.2, 0) is 11.0 Å². The lowest BCUT2D eigenvalue weighted by Crippen LogP contribution is -2.20. The molecule has 0 saturated carbocycles. The summed E-state index contributed by atoms with van der Waals surface area (Å²) < 4.78 is 38.4. The van der Waals surface area contributed by atoms with E-state index in [0.717, 1.165) is 17.7 Å². The number of rotatable bonds is 6. The highest BCUT2D eigenvalue weighted by atomic mass is 19.4. The highest BCUT2D eigenvalue weighted by Gasteiger charge is 2.30. The van der Waals surface area contributed by atoms with Crippen LogP contribution in [0.15, 0.2) is 60.7 Å². The van der Waals surface area contributed by atoms with E-state index < -0.39 is 11.7 Å². The average molecular weight is 333 g/mol. The van der Waals surface area contributed by atoms with E-state index in [4.69, 9.17) is 0 Å². The summed E-state index contributed by atoms with van der Waals surface area (Å²) in [5.74, 6) is -0.0443. The van der Waals surface area contributed by atoms with E-state index in [0.29, 0.717) is 5.69 Å². The summed E-state index contributed by atoms with van der Waals surface area (Å²) in [4.78, 5) is 11.4. The summed E-state index contributed by atoms with van der Waals surface area (Å²) in [6.07, 6.45) is -0.571. The minimum absolute atomic E-state index is 0.0443. The third kappa shape index (κ3) is 5.57. The Bertz CT molecular complexity index is 708. The van der Waals surface area contributed by atoms with Crippen molar-refractivity contribution in [3.63, 3.8) is 0 Å². The maximum Gasteiger partial charge on any atom is 0.416 e. The molecule has 0 amide bonds. The largest absolute Gasteiger partial charge is 0.416 e. The smallest absolute Gasteiger partial charge is 0.378 e. The van der Waals surface area contributed by atoms with Crippen molar-refractivity contribution in [1.29, 1.82) is 0 Å². The van der Waals surface area contributed by atoms with Gasteiger partial charge < -0.3 is 5.32 Å². The van der Waals surface area contributed by atoms with E-state index in [1.807, 2.05) is 36.4 Å². The molecule has 126 valence electrons. The summed E-state index contributed by atoms with van der Waals surface area (Å²) in [6, 6.07) is 14.1. The number of halogens is 3. The van der Waals surface area contributed by atoms with Crippen LogP contribution in [0.25, 0.3) is 6.08 Å². The Labute approximate surface area is 139 Å². The van der Waals surface area contributed by atoms with E-state index in [1.54, 1.807) is 12.1 Å². The molecule has 0 aliphatic carbocycles. The fourth-order valence-corrected chi connectivity index (χ4v) is 2.27. The Hall–Kier alpha value is -2.56. The SMILES string of the molecule is CC(=O)CC(/C=C/c1ccccc1)Nc1cccc(C(F)(F)F)c1. The average Bonchev–Trinajstić information content (AvgIpc) is 2.52. The molecule has 0 spiro atoms. The number of ketones is 1. The number of hydrogen-bond acceptors (Lipinski definition) is 2. The lowest BCUT2D eigenvalue weighted by atomic mass is 10.1. The molecule has 1 atom stereocenters. The Balaban J connectivity index is 2.17. The third-order valence-corrected chi connectivity index (χ3v) is 3.37. The van der Waals surface area contributed by atoms with Gasteiger partial charge in [-0.15, -0.1) is 0 Å². The van der Waals surface area contributed by atoms with Crippen LogP contribution in [0.4, 0.5) is 18.9 Å². The van der Waals surface area contributed by atoms with Crippen LogP contribution in [0.1, 0.15) is 24.5 Å². The molecule has 24 heavy (non-hydrogen) atoms. The van der Waals surface area contributed by atoms with Crippen molar-refractivity contribution in [3.8, 4) is 0 Å². The summed E-state index contributed by atoms with van der Waals surface area (Å²) in [5, 5.41) is 2.99. The molecule has 0 fully saturated rings. The first kappa shape index (κ1) is 17.8. The molecule has 0 aromatic heterocycles. The summed E-state index contributed by atoms with van der Waals surface area (Å²) >= 11 is 0. The number of hydrogen-bond donors (Lipinski definition) is 1. The van der Waals surface area contributed by atoms with Gasteiger partial charge in [-0.25, -0.2) is 0 Å². The molecule has 2 aromatic rings. The number of Topliss-reactive ketones (excluding diaryl/α,β-unsaturated/α-hetero) is 1. The highest BCUT2D eigenvalue weighted by molar-refractivity contribution is 5.77. The molecular formula is C19H18F3NO. The van der Waals surface area contributed by atoms with Gasteiger partial charge in [0.1, 0.15) is 5.78 Å². The Morgan fingerprint density at radius 1 is 1.12 bits per heavy atom. The first-order valence-electron chi connectivity index (χ1n) is 7.51. The van der Waals surface area contributed by atoms with Gasteiger partial charge in [0.05, 0.1) is 11.6 Å². The zero-order chi connectivity index (χ0) is 17.6. The standard InChI is InChI=1S/C19H18F3NO/c1-14(24)12-18(11-10-15-6-3-2-4-7-15)23-17-9-5-8-16(13-17)19(20,21)22/h2-11,13,18,23H,12H2,1H3/b11-10+. The zero-order valence-electron chi connectivity index (χ0n) is 13.2. The lowest BCUT2D eigenvalue weighted by Gasteiger charge is -2.16. The summed E-state index contributed by atoms with van der Waals surface area (Å²) in [7, 11) is 0. The second kappa shape index (κ2) is 7.81. The van der Waals surface area contributed by atoms with Gasteiger partial charge in [0.2, 0.25) is 0 Å². The van der Waals surface area contributed by atoms with Gasteiger partial charge in [0.25, 0.3) is 0 Å². The Morgan fingerprint density at radius 2 is 1.83 bits per heavy atom. The molecule has 0 aliphatic rings. The number of nitrogens with one attached hydrogen (secondary N) is 1. The molecule has 2 rings (SSSR count). The normalized spacial score (nSPS) is 13.0. The van der Waals surface area contributed by atoms with Crippen molar-refractivity contribution in [1.82, 2.24) is 0 Å². The fraction of sp³-hybridized carbons (Fsp3) is 0.211. The topological polar surface area (TPSA) is 29.1 Å². The monoisotopic (exact) mass is 333 g/mol. The maximum atomic E-state index is 12.8. The molecule has 0 bridgehead atoms. The van der Waals surface area contributed by atoms with Crippen LogP contribution in [0, 0.1) is 0 Å². The minimum Gasteiger partial charge on any atom is -0.378 e. The van der Waals surface area contributed by atoms with E-state index >= 15 is 0 Å². The number of carbonyl (C=O) groups is 1. The quantitative estimate of drug-likeness (QED) is 0.789. The van der Waals surface area contributed by atoms with Crippen LogP contribution in [-0.4, -0.2) is 11.8 Å². The van der Waals surface area contributed by atoms with Gasteiger partial charge in [-0.1, -0.05) is 48.6 Å². The van der Waals surface area contributed by atoms with Crippen LogP contribution in [0.5, 0.6) is 0 Å². The minimum atomic E-state index is -4.40. The van der Waals surface area contributed by atoms with Crippen molar-refractivity contribution >= 4 is 17.5 Å². The molecule has 0 heterocycles. The number of carbonyl (C=O) groups excluding carboxylic acids is 1. The first-order chi connectivity index (χ1) is 11.3. The van der Waals surface area contributed by atoms with Crippen LogP contribution in [0.3, 0.4) is 0 Å². The second-order valence-corrected chi connectivity index (χ2v) is 5.51. The predicted octanol–water partition coefficient (Wildman–Crippen LogP) is 5.18. The molecule has 0 saturated heterocycles. The van der Waals surface area contributed by atoms with Crippen molar-refractivity contribution in [3.05, 3.63) is 71.8 Å². The maximum absolute atomic E-state index is 12.8. The van der Waals surface area contributed by atoms with Crippen LogP contribution < -0.4 is 5.32 Å². The molecule has 1 N–H and O–H groups in total. The lowest BCUT2D eigenvalue weighted by molar-refractivity contribution is -0.137. The molecule has 5 heteroatoms. The Kier molecular flexibility index (Phi) is 5.79. The van der Waals surface area contributed by atoms with E-state index in [-0.39, 0.29) is 18.2 Å². The van der Waals surface area contributed by atoms with E-state index in [2.05, 4.69) is 5.32 Å². The predicted molar refractivity (Wildman–Crippen MR) is 89.6 cm³/mol. The molecule has 2 nitrogen and oxygen atoms in total. The van der Waals surface area contributed by atoms with Gasteiger partial charge in [-0.3, -0.25) is 4.79 Å². The third-order valence-electron chi connectivity index (χ3n) is 3.37. The van der Waals surface area contributed by atoms with Gasteiger partial charge in [-0.05, 0) is 30.7 Å². The molecule has 1 unspecified atom stereocenters. The summed E-state index contributed by atoms with van der Waals surface area (Å²) in [6.45, 7) is 1.46. The van der Waals surface area contributed by atoms with Crippen molar-refractivity contribution in [2.45, 2.75) is 25.6 Å². The van der Waals surface area contributed by atoms with E-state index in [9.17, 15) is 18.0 Å². The first-order valence-corrected chi connectivity index (χ1v) is 7.51. The fourth-order valence-electron chi connectivity index (χ4n) is 2.27. The Morgan fingerprint density at radius 3 is 2.46 bits per heavy atom. The highest BCUT2D eigenvalue weighted by Crippen LogP contribution is 2.30. The van der Waals surface area contributed by atoms with Crippen molar-refractivity contribution in [2.24, 2.45) is 0 Å². The molecule has 0 radical (unpaired) electrons. The molecule has 0 aliphatic heterocycles. The molecular weight excluding hydrogens is 315 g/mol. The summed E-state index contributed by atoms with van der Waals surface area (Å²) in [5.41, 5.74) is 0.562. The molecule has 2 aromatic carbocycles. The van der Waals surface area contributed by atoms with Gasteiger partial charge in [0, 0.05) is 12.1 Å². The van der Waals surface area contributed by atoms with Crippen LogP contribution >= 0.6 is 0 Å². The van der Waals surface area contributed by atoms with Gasteiger partial charge in [0.15, 0.2) is 0 Å². The second-order valence-electron chi connectivity index (χ2n) is 5.51. The van der Waals surface area contributed by atoms with E-state index in [1.165, 1.54) is 13.0 Å². The van der Waals surface area contributed by atoms with Crippen molar-refractivity contribution < 1.29 is 18.0 Å². The number of anilines is 1. The van der Waals surface area contributed by atoms with Gasteiger partial charge >= 0.3 is 6.18 Å².